The summed E-state index contributed by atoms with van der Waals surface area (Å²) in [6, 6.07) is 15.6. The highest BCUT2D eigenvalue weighted by molar-refractivity contribution is 5.90. The molecule has 1 unspecified atom stereocenters. The summed E-state index contributed by atoms with van der Waals surface area (Å²) in [7, 11) is 0. The van der Waals surface area contributed by atoms with Gasteiger partial charge in [0.2, 0.25) is 5.91 Å². The van der Waals surface area contributed by atoms with Crippen molar-refractivity contribution in [3.05, 3.63) is 71.4 Å². The lowest BCUT2D eigenvalue weighted by molar-refractivity contribution is -0.137. The fraction of sp³-hybridized carbons (Fsp3) is 0.273. The number of carbonyl (C=O) groups excluding carboxylic acids is 1. The SMILES string of the molecule is Cc1cccc2c(CC(=O)NC(CCC(=O)O)Cc3ccccc3)c[nH]c12. The second-order valence-electron chi connectivity index (χ2n) is 6.87. The van der Waals surface area contributed by atoms with Crippen molar-refractivity contribution in [1.82, 2.24) is 10.3 Å². The molecule has 0 radical (unpaired) electrons. The molecule has 3 aromatic rings. The highest BCUT2D eigenvalue weighted by atomic mass is 16.4. The highest BCUT2D eigenvalue weighted by Crippen LogP contribution is 2.21. The fourth-order valence-corrected chi connectivity index (χ4v) is 3.38. The summed E-state index contributed by atoms with van der Waals surface area (Å²) in [5.41, 5.74) is 4.22. The Hall–Kier alpha value is -3.08. The first-order valence-electron chi connectivity index (χ1n) is 9.13. The van der Waals surface area contributed by atoms with E-state index >= 15 is 0 Å². The molecule has 0 aliphatic heterocycles. The molecule has 0 aliphatic rings. The van der Waals surface area contributed by atoms with Gasteiger partial charge in [-0.25, -0.2) is 0 Å². The minimum absolute atomic E-state index is 0.0318. The van der Waals surface area contributed by atoms with Crippen LogP contribution in [-0.2, 0) is 22.4 Å². The number of aromatic nitrogens is 1. The average Bonchev–Trinajstić information content (AvgIpc) is 3.05. The third-order valence-electron chi connectivity index (χ3n) is 4.76. The van der Waals surface area contributed by atoms with Gasteiger partial charge in [-0.05, 0) is 36.5 Å². The van der Waals surface area contributed by atoms with E-state index in [1.54, 1.807) is 0 Å². The minimum Gasteiger partial charge on any atom is -0.481 e. The van der Waals surface area contributed by atoms with Gasteiger partial charge >= 0.3 is 5.97 Å². The topological polar surface area (TPSA) is 82.2 Å². The molecule has 3 rings (SSSR count). The molecule has 2 aromatic carbocycles. The van der Waals surface area contributed by atoms with Crippen molar-refractivity contribution in [2.75, 3.05) is 0 Å². The number of para-hydroxylation sites is 1. The van der Waals surface area contributed by atoms with E-state index in [1.165, 1.54) is 0 Å². The third-order valence-corrected chi connectivity index (χ3v) is 4.76. The molecule has 5 nitrogen and oxygen atoms in total. The van der Waals surface area contributed by atoms with Gasteiger partial charge in [0.1, 0.15) is 0 Å². The molecule has 1 aromatic heterocycles. The van der Waals surface area contributed by atoms with Crippen LogP contribution in [0.1, 0.15) is 29.5 Å². The first-order chi connectivity index (χ1) is 13.0. The van der Waals surface area contributed by atoms with Crippen LogP contribution in [0.4, 0.5) is 0 Å². The van der Waals surface area contributed by atoms with Crippen LogP contribution < -0.4 is 5.32 Å². The van der Waals surface area contributed by atoms with Gasteiger partial charge in [0.25, 0.3) is 0 Å². The summed E-state index contributed by atoms with van der Waals surface area (Å²) in [5.74, 6) is -0.946. The molecule has 27 heavy (non-hydrogen) atoms. The molecule has 0 fully saturated rings. The lowest BCUT2D eigenvalue weighted by Crippen LogP contribution is -2.37. The van der Waals surface area contributed by atoms with Crippen molar-refractivity contribution >= 4 is 22.8 Å². The van der Waals surface area contributed by atoms with Crippen LogP contribution in [0.15, 0.2) is 54.7 Å². The number of carbonyl (C=O) groups is 2. The summed E-state index contributed by atoms with van der Waals surface area (Å²) in [5, 5.41) is 13.1. The molecule has 1 atom stereocenters. The lowest BCUT2D eigenvalue weighted by atomic mass is 10.0. The van der Waals surface area contributed by atoms with Gasteiger partial charge in [-0.3, -0.25) is 9.59 Å². The molecule has 0 spiro atoms. The number of rotatable bonds is 8. The molecule has 0 bridgehead atoms. The quantitative estimate of drug-likeness (QED) is 0.571. The Morgan fingerprint density at radius 1 is 1.11 bits per heavy atom. The molecule has 0 saturated heterocycles. The van der Waals surface area contributed by atoms with Crippen LogP contribution in [-0.4, -0.2) is 28.0 Å². The predicted molar refractivity (Wildman–Crippen MR) is 106 cm³/mol. The number of carboxylic acid groups (broad SMARTS) is 1. The standard InChI is InChI=1S/C22H24N2O3/c1-15-6-5-9-19-17(14-23-22(15)19)13-20(25)24-18(10-11-21(26)27)12-16-7-3-2-4-8-16/h2-9,14,18,23H,10-13H2,1H3,(H,24,25)(H,26,27). The van der Waals surface area contributed by atoms with Gasteiger partial charge in [-0.15, -0.1) is 0 Å². The normalized spacial score (nSPS) is 12.0. The van der Waals surface area contributed by atoms with Crippen LogP contribution in [0.25, 0.3) is 10.9 Å². The zero-order valence-electron chi connectivity index (χ0n) is 15.4. The molecule has 1 amide bonds. The Bertz CT molecular complexity index is 931. The van der Waals surface area contributed by atoms with Gasteiger partial charge in [0, 0.05) is 29.6 Å². The molecule has 140 valence electrons. The summed E-state index contributed by atoms with van der Waals surface area (Å²) in [6.07, 6.45) is 3.20. The molecule has 3 N–H and O–H groups in total. The van der Waals surface area contributed by atoms with Crippen LogP contribution in [0.2, 0.25) is 0 Å². The highest BCUT2D eigenvalue weighted by Gasteiger charge is 2.16. The van der Waals surface area contributed by atoms with Crippen LogP contribution in [0.5, 0.6) is 0 Å². The van der Waals surface area contributed by atoms with Gasteiger partial charge in [-0.2, -0.15) is 0 Å². The first-order valence-corrected chi connectivity index (χ1v) is 9.13. The number of aromatic amines is 1. The summed E-state index contributed by atoms with van der Waals surface area (Å²) < 4.78 is 0. The summed E-state index contributed by atoms with van der Waals surface area (Å²) >= 11 is 0. The number of H-pyrrole nitrogens is 1. The number of amides is 1. The smallest absolute Gasteiger partial charge is 0.303 e. The minimum atomic E-state index is -0.852. The monoisotopic (exact) mass is 364 g/mol. The molecule has 0 saturated carbocycles. The number of nitrogens with one attached hydrogen (secondary N) is 2. The number of aliphatic carboxylic acids is 1. The third kappa shape index (κ3) is 4.97. The van der Waals surface area contributed by atoms with E-state index in [-0.39, 0.29) is 24.8 Å². The van der Waals surface area contributed by atoms with Crippen molar-refractivity contribution < 1.29 is 14.7 Å². The molecule has 5 heteroatoms. The maximum atomic E-state index is 12.6. The first kappa shape index (κ1) is 18.7. The van der Waals surface area contributed by atoms with Gasteiger partial charge < -0.3 is 15.4 Å². The van der Waals surface area contributed by atoms with Crippen LogP contribution in [0, 0.1) is 6.92 Å². The number of hydrogen-bond acceptors (Lipinski definition) is 2. The van der Waals surface area contributed by atoms with E-state index in [1.807, 2.05) is 61.7 Å². The van der Waals surface area contributed by atoms with Crippen molar-refractivity contribution in [2.45, 2.75) is 38.6 Å². The van der Waals surface area contributed by atoms with Crippen LogP contribution >= 0.6 is 0 Å². The zero-order chi connectivity index (χ0) is 19.2. The number of hydrogen-bond donors (Lipinski definition) is 3. The fourth-order valence-electron chi connectivity index (χ4n) is 3.38. The lowest BCUT2D eigenvalue weighted by Gasteiger charge is -2.18. The van der Waals surface area contributed by atoms with Crippen molar-refractivity contribution in [2.24, 2.45) is 0 Å². The van der Waals surface area contributed by atoms with E-state index in [4.69, 9.17) is 5.11 Å². The number of carboxylic acids is 1. The van der Waals surface area contributed by atoms with Gasteiger partial charge in [-0.1, -0.05) is 48.5 Å². The Kier molecular flexibility index (Phi) is 5.91. The van der Waals surface area contributed by atoms with Crippen molar-refractivity contribution in [1.29, 1.82) is 0 Å². The average molecular weight is 364 g/mol. The summed E-state index contributed by atoms with van der Waals surface area (Å²) in [6.45, 7) is 2.03. The summed E-state index contributed by atoms with van der Waals surface area (Å²) in [4.78, 5) is 26.8. The molecule has 0 aliphatic carbocycles. The predicted octanol–water partition coefficient (Wildman–Crippen LogP) is 3.61. The Morgan fingerprint density at radius 3 is 2.63 bits per heavy atom. The second-order valence-corrected chi connectivity index (χ2v) is 6.87. The zero-order valence-corrected chi connectivity index (χ0v) is 15.4. The van der Waals surface area contributed by atoms with E-state index in [0.717, 1.165) is 27.6 Å². The van der Waals surface area contributed by atoms with Crippen LogP contribution in [0.3, 0.4) is 0 Å². The van der Waals surface area contributed by atoms with Gasteiger partial charge in [0.15, 0.2) is 0 Å². The second kappa shape index (κ2) is 8.54. The molecule has 1 heterocycles. The number of fused-ring (bicyclic) bond motifs is 1. The molecular formula is C22H24N2O3. The van der Waals surface area contributed by atoms with Crippen molar-refractivity contribution in [3.8, 4) is 0 Å². The largest absolute Gasteiger partial charge is 0.481 e. The number of aryl methyl sites for hydroxylation is 1. The maximum Gasteiger partial charge on any atom is 0.303 e. The van der Waals surface area contributed by atoms with E-state index in [9.17, 15) is 9.59 Å². The Labute approximate surface area is 158 Å². The Morgan fingerprint density at radius 2 is 1.89 bits per heavy atom. The maximum absolute atomic E-state index is 12.6. The Balaban J connectivity index is 1.69. The van der Waals surface area contributed by atoms with E-state index in [2.05, 4.69) is 10.3 Å². The van der Waals surface area contributed by atoms with Crippen molar-refractivity contribution in [3.63, 3.8) is 0 Å². The molecular weight excluding hydrogens is 340 g/mol. The van der Waals surface area contributed by atoms with E-state index in [0.29, 0.717) is 12.8 Å². The van der Waals surface area contributed by atoms with E-state index < -0.39 is 5.97 Å². The number of benzene rings is 2. The van der Waals surface area contributed by atoms with Gasteiger partial charge in [0.05, 0.1) is 6.42 Å².